The molecular formula is C17H23N3. The molecule has 106 valence electrons. The van der Waals surface area contributed by atoms with Gasteiger partial charge in [-0.3, -0.25) is 9.88 Å². The van der Waals surface area contributed by atoms with Gasteiger partial charge in [0.2, 0.25) is 0 Å². The summed E-state index contributed by atoms with van der Waals surface area (Å²) in [4.78, 5) is 7.07. The summed E-state index contributed by atoms with van der Waals surface area (Å²) in [6.07, 6.45) is 1.27. The average Bonchev–Trinajstić information content (AvgIpc) is 2.80. The van der Waals surface area contributed by atoms with Crippen molar-refractivity contribution in [1.29, 1.82) is 0 Å². The first-order valence-corrected chi connectivity index (χ1v) is 7.41. The minimum atomic E-state index is 0.521. The summed E-state index contributed by atoms with van der Waals surface area (Å²) in [6.45, 7) is 4.31. The van der Waals surface area contributed by atoms with Crippen LogP contribution in [0.1, 0.15) is 23.7 Å². The predicted octanol–water partition coefficient (Wildman–Crippen LogP) is 2.76. The first kappa shape index (κ1) is 13.5. The number of fused-ring (bicyclic) bond motifs is 1. The smallest absolute Gasteiger partial charge is 0.0705 e. The van der Waals surface area contributed by atoms with E-state index in [1.54, 1.807) is 0 Å². The summed E-state index contributed by atoms with van der Waals surface area (Å²) in [5.41, 5.74) is 3.60. The summed E-state index contributed by atoms with van der Waals surface area (Å²) in [5.74, 6) is 0.695. The molecule has 1 aliphatic heterocycles. The number of aryl methyl sites for hydroxylation is 1. The van der Waals surface area contributed by atoms with E-state index in [9.17, 15) is 0 Å². The van der Waals surface area contributed by atoms with Crippen LogP contribution in [0.4, 0.5) is 0 Å². The molecule has 2 heterocycles. The Morgan fingerprint density at radius 2 is 2.15 bits per heavy atom. The Hall–Kier alpha value is -1.45. The van der Waals surface area contributed by atoms with Gasteiger partial charge >= 0.3 is 0 Å². The third-order valence-corrected chi connectivity index (χ3v) is 4.43. The van der Waals surface area contributed by atoms with E-state index in [0.29, 0.717) is 12.0 Å². The molecule has 0 bridgehead atoms. The summed E-state index contributed by atoms with van der Waals surface area (Å²) >= 11 is 0. The number of benzene rings is 1. The van der Waals surface area contributed by atoms with Crippen LogP contribution >= 0.6 is 0 Å². The lowest BCUT2D eigenvalue weighted by Crippen LogP contribution is -2.26. The Morgan fingerprint density at radius 3 is 2.95 bits per heavy atom. The van der Waals surface area contributed by atoms with Gasteiger partial charge in [0.25, 0.3) is 0 Å². The van der Waals surface area contributed by atoms with E-state index in [2.05, 4.69) is 52.6 Å². The van der Waals surface area contributed by atoms with Crippen LogP contribution in [0.2, 0.25) is 0 Å². The monoisotopic (exact) mass is 269 g/mol. The molecule has 3 heteroatoms. The molecule has 1 N–H and O–H groups in total. The number of pyridine rings is 1. The highest BCUT2D eigenvalue weighted by atomic mass is 15.2. The summed E-state index contributed by atoms with van der Waals surface area (Å²) in [6, 6.07) is 11.5. The van der Waals surface area contributed by atoms with E-state index in [1.165, 1.54) is 23.9 Å². The second kappa shape index (κ2) is 5.51. The topological polar surface area (TPSA) is 28.2 Å². The quantitative estimate of drug-likeness (QED) is 0.928. The molecule has 2 aromatic rings. The van der Waals surface area contributed by atoms with Crippen molar-refractivity contribution in [2.24, 2.45) is 5.92 Å². The Morgan fingerprint density at radius 1 is 1.30 bits per heavy atom. The number of nitrogens with zero attached hydrogens (tertiary/aromatic N) is 2. The fourth-order valence-corrected chi connectivity index (χ4v) is 3.46. The molecular weight excluding hydrogens is 246 g/mol. The van der Waals surface area contributed by atoms with E-state index >= 15 is 0 Å². The molecule has 0 saturated carbocycles. The van der Waals surface area contributed by atoms with E-state index in [-0.39, 0.29) is 0 Å². The number of likely N-dealkylation sites (tertiary alicyclic amines) is 1. The number of aromatic nitrogens is 1. The number of rotatable bonds is 3. The van der Waals surface area contributed by atoms with Crippen molar-refractivity contribution < 1.29 is 0 Å². The Bertz CT molecular complexity index is 606. The van der Waals surface area contributed by atoms with Crippen molar-refractivity contribution in [3.8, 4) is 0 Å². The van der Waals surface area contributed by atoms with Gasteiger partial charge in [-0.2, -0.15) is 0 Å². The van der Waals surface area contributed by atoms with Crippen LogP contribution in [0.25, 0.3) is 10.9 Å². The summed E-state index contributed by atoms with van der Waals surface area (Å²) in [5, 5.41) is 4.58. The van der Waals surface area contributed by atoms with Gasteiger partial charge in [0.1, 0.15) is 0 Å². The van der Waals surface area contributed by atoms with Gasteiger partial charge < -0.3 is 5.32 Å². The Kier molecular flexibility index (Phi) is 3.72. The third kappa shape index (κ3) is 2.43. The lowest BCUT2D eigenvalue weighted by Gasteiger charge is -2.25. The van der Waals surface area contributed by atoms with E-state index in [1.807, 2.05) is 14.0 Å². The van der Waals surface area contributed by atoms with Crippen LogP contribution in [0.5, 0.6) is 0 Å². The number of hydrogen-bond acceptors (Lipinski definition) is 3. The van der Waals surface area contributed by atoms with Gasteiger partial charge in [-0.05, 0) is 70.2 Å². The fraction of sp³-hybridized carbons (Fsp3) is 0.471. The van der Waals surface area contributed by atoms with Crippen LogP contribution in [0.15, 0.2) is 30.3 Å². The molecule has 3 rings (SSSR count). The molecule has 2 unspecified atom stereocenters. The normalized spacial score (nSPS) is 23.6. The van der Waals surface area contributed by atoms with Crippen LogP contribution in [-0.4, -0.2) is 37.1 Å². The lowest BCUT2D eigenvalue weighted by molar-refractivity contribution is 0.274. The minimum absolute atomic E-state index is 0.521. The Balaban J connectivity index is 1.98. The predicted molar refractivity (Wildman–Crippen MR) is 83.9 cm³/mol. The van der Waals surface area contributed by atoms with E-state index < -0.39 is 0 Å². The summed E-state index contributed by atoms with van der Waals surface area (Å²) in [7, 11) is 4.28. The largest absolute Gasteiger partial charge is 0.319 e. The number of nitrogens with one attached hydrogen (secondary N) is 1. The zero-order valence-electron chi connectivity index (χ0n) is 12.6. The second-order valence-electron chi connectivity index (χ2n) is 5.94. The van der Waals surface area contributed by atoms with Crippen LogP contribution < -0.4 is 5.32 Å². The molecule has 0 aliphatic carbocycles. The average molecular weight is 269 g/mol. The van der Waals surface area contributed by atoms with Gasteiger partial charge in [-0.1, -0.05) is 12.1 Å². The molecule has 0 spiro atoms. The molecule has 0 amide bonds. The molecule has 1 aliphatic rings. The third-order valence-electron chi connectivity index (χ3n) is 4.43. The standard InChI is InChI=1S/C17H23N3/c1-12-4-5-13-10-14(6-7-16(13)19-12)17-15(11-18-2)8-9-20(17)3/h4-7,10,15,17-18H,8-9,11H2,1-3H3. The Labute approximate surface area is 121 Å². The van der Waals surface area contributed by atoms with Crippen molar-refractivity contribution in [2.75, 3.05) is 27.2 Å². The SMILES string of the molecule is CNCC1CCN(C)C1c1ccc2nc(C)ccc2c1. The lowest BCUT2D eigenvalue weighted by atomic mass is 9.93. The first-order valence-electron chi connectivity index (χ1n) is 7.41. The van der Waals surface area contributed by atoms with Crippen LogP contribution in [0, 0.1) is 12.8 Å². The summed E-state index contributed by atoms with van der Waals surface area (Å²) < 4.78 is 0. The van der Waals surface area contributed by atoms with Crippen molar-refractivity contribution in [1.82, 2.24) is 15.2 Å². The highest BCUT2D eigenvalue weighted by Gasteiger charge is 2.32. The maximum atomic E-state index is 4.59. The van der Waals surface area contributed by atoms with Crippen molar-refractivity contribution in [3.63, 3.8) is 0 Å². The van der Waals surface area contributed by atoms with Gasteiger partial charge in [0.05, 0.1) is 5.52 Å². The molecule has 1 aromatic heterocycles. The van der Waals surface area contributed by atoms with Crippen molar-refractivity contribution in [3.05, 3.63) is 41.6 Å². The van der Waals surface area contributed by atoms with Crippen LogP contribution in [-0.2, 0) is 0 Å². The van der Waals surface area contributed by atoms with Gasteiger partial charge in [0, 0.05) is 17.1 Å². The molecule has 0 radical (unpaired) electrons. The molecule has 3 nitrogen and oxygen atoms in total. The maximum absolute atomic E-state index is 4.59. The number of hydrogen-bond donors (Lipinski definition) is 1. The van der Waals surface area contributed by atoms with Crippen molar-refractivity contribution >= 4 is 10.9 Å². The molecule has 2 atom stereocenters. The van der Waals surface area contributed by atoms with Crippen molar-refractivity contribution in [2.45, 2.75) is 19.4 Å². The maximum Gasteiger partial charge on any atom is 0.0705 e. The van der Waals surface area contributed by atoms with E-state index in [4.69, 9.17) is 0 Å². The molecule has 1 aromatic carbocycles. The zero-order chi connectivity index (χ0) is 14.1. The van der Waals surface area contributed by atoms with E-state index in [0.717, 1.165) is 17.8 Å². The highest BCUT2D eigenvalue weighted by Crippen LogP contribution is 2.36. The fourth-order valence-electron chi connectivity index (χ4n) is 3.46. The van der Waals surface area contributed by atoms with Gasteiger partial charge in [0.15, 0.2) is 0 Å². The van der Waals surface area contributed by atoms with Crippen LogP contribution in [0.3, 0.4) is 0 Å². The zero-order valence-corrected chi connectivity index (χ0v) is 12.6. The molecule has 1 saturated heterocycles. The molecule has 20 heavy (non-hydrogen) atoms. The first-order chi connectivity index (χ1) is 9.69. The minimum Gasteiger partial charge on any atom is -0.319 e. The second-order valence-corrected chi connectivity index (χ2v) is 5.94. The highest BCUT2D eigenvalue weighted by molar-refractivity contribution is 5.79. The van der Waals surface area contributed by atoms with Gasteiger partial charge in [-0.25, -0.2) is 0 Å². The molecule has 1 fully saturated rings. The van der Waals surface area contributed by atoms with Gasteiger partial charge in [-0.15, -0.1) is 0 Å².